The Hall–Kier alpha value is -3.91. The van der Waals surface area contributed by atoms with Crippen LogP contribution in [0.1, 0.15) is 16.7 Å². The van der Waals surface area contributed by atoms with E-state index in [0.717, 1.165) is 45.0 Å². The van der Waals surface area contributed by atoms with Gasteiger partial charge in [-0.15, -0.1) is 0 Å². The van der Waals surface area contributed by atoms with E-state index in [0.29, 0.717) is 11.4 Å². The second-order valence-electron chi connectivity index (χ2n) is 6.48. The molecule has 4 rings (SSSR count). The van der Waals surface area contributed by atoms with Crippen LogP contribution in [0.4, 0.5) is 5.82 Å². The van der Waals surface area contributed by atoms with E-state index >= 15 is 0 Å². The van der Waals surface area contributed by atoms with E-state index in [2.05, 4.69) is 29.0 Å². The zero-order valence-electron chi connectivity index (χ0n) is 15.7. The summed E-state index contributed by atoms with van der Waals surface area (Å²) in [5.74, 6) is 1.28. The van der Waals surface area contributed by atoms with Gasteiger partial charge in [-0.2, -0.15) is 5.26 Å². The molecule has 5 nitrogen and oxygen atoms in total. The first kappa shape index (κ1) is 17.5. The van der Waals surface area contributed by atoms with E-state index in [-0.39, 0.29) is 0 Å². The smallest absolute Gasteiger partial charge is 0.213 e. The van der Waals surface area contributed by atoms with Crippen molar-refractivity contribution >= 4 is 11.9 Å². The highest BCUT2D eigenvalue weighted by molar-refractivity contribution is 5.88. The molecule has 0 radical (unpaired) electrons. The van der Waals surface area contributed by atoms with Crippen LogP contribution in [0.15, 0.2) is 60.9 Å². The van der Waals surface area contributed by atoms with Crippen molar-refractivity contribution in [2.45, 2.75) is 6.92 Å². The SMILES string of the molecule is C=C1C=Cc2cc(-c3ccnc(OC)c3)c(-c3cccc(C#N)c3C)nc2N1. The predicted octanol–water partition coefficient (Wildman–Crippen LogP) is 4.95. The molecule has 1 aromatic carbocycles. The van der Waals surface area contributed by atoms with E-state index < -0.39 is 0 Å². The minimum absolute atomic E-state index is 0.533. The molecule has 0 atom stereocenters. The molecule has 28 heavy (non-hydrogen) atoms. The zero-order chi connectivity index (χ0) is 19.7. The maximum Gasteiger partial charge on any atom is 0.213 e. The fourth-order valence-electron chi connectivity index (χ4n) is 3.27. The average Bonchev–Trinajstić information content (AvgIpc) is 2.73. The summed E-state index contributed by atoms with van der Waals surface area (Å²) in [7, 11) is 1.59. The Bertz CT molecular complexity index is 1170. The number of nitriles is 1. The van der Waals surface area contributed by atoms with Gasteiger partial charge in [0.2, 0.25) is 5.88 Å². The van der Waals surface area contributed by atoms with Crippen molar-refractivity contribution in [3.8, 4) is 34.3 Å². The summed E-state index contributed by atoms with van der Waals surface area (Å²) < 4.78 is 5.30. The van der Waals surface area contributed by atoms with Gasteiger partial charge in [0.25, 0.3) is 0 Å². The number of allylic oxidation sites excluding steroid dienone is 1. The molecule has 0 fully saturated rings. The van der Waals surface area contributed by atoms with Crippen molar-refractivity contribution in [2.24, 2.45) is 0 Å². The van der Waals surface area contributed by atoms with Crippen LogP contribution in [0.5, 0.6) is 5.88 Å². The Kier molecular flexibility index (Phi) is 4.38. The molecule has 1 aliphatic heterocycles. The second-order valence-corrected chi connectivity index (χ2v) is 6.48. The van der Waals surface area contributed by atoms with E-state index in [1.165, 1.54) is 0 Å². The Morgan fingerprint density at radius 2 is 2.00 bits per heavy atom. The van der Waals surface area contributed by atoms with Crippen LogP contribution in [0, 0.1) is 18.3 Å². The molecule has 2 aromatic heterocycles. The van der Waals surface area contributed by atoms with Gasteiger partial charge < -0.3 is 10.1 Å². The van der Waals surface area contributed by atoms with Gasteiger partial charge in [0, 0.05) is 34.7 Å². The number of ether oxygens (including phenoxy) is 1. The maximum atomic E-state index is 9.44. The number of nitrogens with one attached hydrogen (secondary N) is 1. The summed E-state index contributed by atoms with van der Waals surface area (Å²) in [5, 5.41) is 12.7. The molecular formula is C23H18N4O. The van der Waals surface area contributed by atoms with Gasteiger partial charge in [-0.05, 0) is 48.4 Å². The van der Waals surface area contributed by atoms with Gasteiger partial charge in [0.05, 0.1) is 24.4 Å². The minimum atomic E-state index is 0.533. The summed E-state index contributed by atoms with van der Waals surface area (Å²) in [5.41, 5.74) is 6.86. The minimum Gasteiger partial charge on any atom is -0.481 e. The first-order valence-electron chi connectivity index (χ1n) is 8.80. The number of rotatable bonds is 3. The fraction of sp³-hybridized carbons (Fsp3) is 0.0870. The maximum absolute atomic E-state index is 9.44. The van der Waals surface area contributed by atoms with E-state index in [9.17, 15) is 5.26 Å². The summed E-state index contributed by atoms with van der Waals surface area (Å²) >= 11 is 0. The molecule has 0 spiro atoms. The Morgan fingerprint density at radius 1 is 1.14 bits per heavy atom. The van der Waals surface area contributed by atoms with E-state index in [4.69, 9.17) is 9.72 Å². The second kappa shape index (κ2) is 7.01. The van der Waals surface area contributed by atoms with Crippen molar-refractivity contribution in [3.63, 3.8) is 0 Å². The quantitative estimate of drug-likeness (QED) is 0.710. The number of pyridine rings is 2. The molecule has 0 bridgehead atoms. The highest BCUT2D eigenvalue weighted by Crippen LogP contribution is 2.38. The third-order valence-corrected chi connectivity index (χ3v) is 4.76. The number of nitrogens with zero attached hydrogens (tertiary/aromatic N) is 3. The average molecular weight is 366 g/mol. The standard InChI is InChI=1S/C23H18N4O/c1-14-7-8-17-11-20(16-9-10-25-21(12-16)28-3)22(27-23(17)26-14)19-6-4-5-18(13-24)15(19)2/h4-12H,1H2,2-3H3,(H,26,27). The largest absolute Gasteiger partial charge is 0.481 e. The van der Waals surface area contributed by atoms with Crippen LogP contribution >= 0.6 is 0 Å². The number of benzene rings is 1. The summed E-state index contributed by atoms with van der Waals surface area (Å²) in [6.07, 6.45) is 5.62. The van der Waals surface area contributed by atoms with Crippen molar-refractivity contribution in [2.75, 3.05) is 12.4 Å². The fourth-order valence-corrected chi connectivity index (χ4v) is 3.27. The van der Waals surface area contributed by atoms with Crippen molar-refractivity contribution in [1.29, 1.82) is 5.26 Å². The van der Waals surface area contributed by atoms with E-state index in [1.807, 2.05) is 49.4 Å². The lowest BCUT2D eigenvalue weighted by Crippen LogP contribution is -2.06. The van der Waals surface area contributed by atoms with Gasteiger partial charge in [-0.1, -0.05) is 18.7 Å². The molecule has 0 saturated carbocycles. The predicted molar refractivity (Wildman–Crippen MR) is 111 cm³/mol. The van der Waals surface area contributed by atoms with Gasteiger partial charge >= 0.3 is 0 Å². The highest BCUT2D eigenvalue weighted by atomic mass is 16.5. The number of fused-ring (bicyclic) bond motifs is 1. The molecule has 0 amide bonds. The van der Waals surface area contributed by atoms with Crippen LogP contribution in [-0.4, -0.2) is 17.1 Å². The third-order valence-electron chi connectivity index (χ3n) is 4.76. The Balaban J connectivity index is 2.01. The molecule has 3 heterocycles. The van der Waals surface area contributed by atoms with Crippen molar-refractivity contribution in [1.82, 2.24) is 9.97 Å². The topological polar surface area (TPSA) is 70.8 Å². The van der Waals surface area contributed by atoms with Crippen molar-refractivity contribution in [3.05, 3.63) is 77.6 Å². The lowest BCUT2D eigenvalue weighted by atomic mass is 9.93. The number of methoxy groups -OCH3 is 1. The number of aromatic nitrogens is 2. The molecule has 0 aliphatic carbocycles. The lowest BCUT2D eigenvalue weighted by Gasteiger charge is -2.19. The summed E-state index contributed by atoms with van der Waals surface area (Å²) in [6.45, 7) is 5.90. The van der Waals surface area contributed by atoms with E-state index in [1.54, 1.807) is 13.3 Å². The highest BCUT2D eigenvalue weighted by Gasteiger charge is 2.18. The van der Waals surface area contributed by atoms with Crippen LogP contribution < -0.4 is 10.1 Å². The summed E-state index contributed by atoms with van der Waals surface area (Å²) in [4.78, 5) is 9.11. The number of hydrogen-bond donors (Lipinski definition) is 1. The molecule has 5 heteroatoms. The first-order chi connectivity index (χ1) is 13.6. The summed E-state index contributed by atoms with van der Waals surface area (Å²) in [6, 6.07) is 13.8. The lowest BCUT2D eigenvalue weighted by molar-refractivity contribution is 0.398. The monoisotopic (exact) mass is 366 g/mol. The molecule has 1 N–H and O–H groups in total. The van der Waals surface area contributed by atoms with Gasteiger partial charge in [0.1, 0.15) is 5.82 Å². The normalized spacial score (nSPS) is 12.1. The van der Waals surface area contributed by atoms with Crippen LogP contribution in [0.25, 0.3) is 28.5 Å². The van der Waals surface area contributed by atoms with Gasteiger partial charge in [-0.3, -0.25) is 0 Å². The molecule has 136 valence electrons. The van der Waals surface area contributed by atoms with Crippen molar-refractivity contribution < 1.29 is 4.74 Å². The molecule has 3 aromatic rings. The Morgan fingerprint density at radius 3 is 2.79 bits per heavy atom. The first-order valence-corrected chi connectivity index (χ1v) is 8.80. The Labute approximate surface area is 163 Å². The van der Waals surface area contributed by atoms with Crippen LogP contribution in [0.2, 0.25) is 0 Å². The molecular weight excluding hydrogens is 348 g/mol. The van der Waals surface area contributed by atoms with Gasteiger partial charge in [-0.25, -0.2) is 9.97 Å². The number of hydrogen-bond acceptors (Lipinski definition) is 5. The van der Waals surface area contributed by atoms with Gasteiger partial charge in [0.15, 0.2) is 0 Å². The zero-order valence-corrected chi connectivity index (χ0v) is 15.7. The number of anilines is 1. The van der Waals surface area contributed by atoms with Crippen LogP contribution in [-0.2, 0) is 0 Å². The molecule has 1 aliphatic rings. The molecule has 0 unspecified atom stereocenters. The van der Waals surface area contributed by atoms with Crippen LogP contribution in [0.3, 0.4) is 0 Å². The third kappa shape index (κ3) is 3.01. The molecule has 0 saturated heterocycles.